The summed E-state index contributed by atoms with van der Waals surface area (Å²) < 4.78 is 11.1. The quantitative estimate of drug-likeness (QED) is 0.599. The molecule has 0 radical (unpaired) electrons. The number of nitrogens with zero attached hydrogens (tertiary/aromatic N) is 1. The average molecular weight is 399 g/mol. The number of fused-ring (bicyclic) bond motifs is 1. The van der Waals surface area contributed by atoms with Crippen LogP contribution in [0.1, 0.15) is 22.3 Å². The third-order valence-electron chi connectivity index (χ3n) is 3.91. The molecule has 0 atom stereocenters. The second kappa shape index (κ2) is 8.46. The Bertz CT molecular complexity index is 1010. The Morgan fingerprint density at radius 3 is 2.71 bits per heavy atom. The van der Waals surface area contributed by atoms with Gasteiger partial charge >= 0.3 is 5.97 Å². The molecule has 0 fully saturated rings. The monoisotopic (exact) mass is 398 g/mol. The molecule has 3 rings (SSSR count). The lowest BCUT2D eigenvalue weighted by molar-refractivity contribution is -0.112. The molecule has 0 spiro atoms. The van der Waals surface area contributed by atoms with Crippen LogP contribution in [0.3, 0.4) is 0 Å². The van der Waals surface area contributed by atoms with Gasteiger partial charge in [0.2, 0.25) is 0 Å². The Morgan fingerprint density at radius 1 is 1.21 bits per heavy atom. The molecule has 8 heteroatoms. The molecule has 0 saturated carbocycles. The van der Waals surface area contributed by atoms with Gasteiger partial charge in [-0.15, -0.1) is 0 Å². The van der Waals surface area contributed by atoms with E-state index in [0.29, 0.717) is 41.7 Å². The molecule has 0 bridgehead atoms. The van der Waals surface area contributed by atoms with Gasteiger partial charge in [0.25, 0.3) is 5.91 Å². The molecule has 2 N–H and O–H groups in total. The van der Waals surface area contributed by atoms with Gasteiger partial charge in [0.05, 0.1) is 29.5 Å². The van der Waals surface area contributed by atoms with Crippen LogP contribution in [0.15, 0.2) is 42.0 Å². The van der Waals surface area contributed by atoms with Gasteiger partial charge in [-0.2, -0.15) is 5.26 Å². The third kappa shape index (κ3) is 4.24. The van der Waals surface area contributed by atoms with E-state index in [9.17, 15) is 20.0 Å². The molecule has 1 aliphatic rings. The molecule has 0 unspecified atom stereocenters. The number of nitriles is 1. The summed E-state index contributed by atoms with van der Waals surface area (Å²) in [6.07, 6.45) is 2.06. The standard InChI is InChI=1S/C20H15ClN2O5/c21-15-9-12(10-17-18(15)28-7-3-6-27-17)8-13(11-22)19(24)23-16-5-2-1-4-14(16)20(25)26/h1-2,4-5,8-10H,3,6-7H2,(H,23,24)(H,25,26)/b13-8+. The van der Waals surface area contributed by atoms with Crippen LogP contribution in [0.4, 0.5) is 5.69 Å². The average Bonchev–Trinajstić information content (AvgIpc) is 2.92. The van der Waals surface area contributed by atoms with E-state index in [2.05, 4.69) is 5.32 Å². The number of para-hydroxylation sites is 1. The van der Waals surface area contributed by atoms with Gasteiger partial charge in [0, 0.05) is 6.42 Å². The van der Waals surface area contributed by atoms with Crippen LogP contribution in [0.25, 0.3) is 6.08 Å². The highest BCUT2D eigenvalue weighted by Gasteiger charge is 2.18. The number of rotatable bonds is 4. The summed E-state index contributed by atoms with van der Waals surface area (Å²) in [6.45, 7) is 0.949. The van der Waals surface area contributed by atoms with Gasteiger partial charge in [0.1, 0.15) is 11.6 Å². The van der Waals surface area contributed by atoms with Gasteiger partial charge in [-0.05, 0) is 35.9 Å². The minimum atomic E-state index is -1.19. The summed E-state index contributed by atoms with van der Waals surface area (Å²) in [4.78, 5) is 23.7. The molecule has 28 heavy (non-hydrogen) atoms. The summed E-state index contributed by atoms with van der Waals surface area (Å²) in [5.74, 6) is -1.06. The Hall–Kier alpha value is -3.50. The molecule has 0 aromatic heterocycles. The summed E-state index contributed by atoms with van der Waals surface area (Å²) in [7, 11) is 0. The molecule has 2 aromatic rings. The van der Waals surface area contributed by atoms with Crippen LogP contribution in [-0.4, -0.2) is 30.2 Å². The van der Waals surface area contributed by atoms with E-state index >= 15 is 0 Å². The smallest absolute Gasteiger partial charge is 0.337 e. The number of benzene rings is 2. The van der Waals surface area contributed by atoms with Gasteiger partial charge in [-0.3, -0.25) is 4.79 Å². The fraction of sp³-hybridized carbons (Fsp3) is 0.150. The molecule has 0 saturated heterocycles. The Kier molecular flexibility index (Phi) is 5.82. The molecule has 7 nitrogen and oxygen atoms in total. The molecule has 142 valence electrons. The third-order valence-corrected chi connectivity index (χ3v) is 4.19. The number of ether oxygens (including phenoxy) is 2. The van der Waals surface area contributed by atoms with E-state index in [4.69, 9.17) is 21.1 Å². The first-order valence-electron chi connectivity index (χ1n) is 8.34. The molecule has 1 aliphatic heterocycles. The fourth-order valence-corrected chi connectivity index (χ4v) is 2.89. The van der Waals surface area contributed by atoms with Crippen LogP contribution in [0.5, 0.6) is 11.5 Å². The first kappa shape index (κ1) is 19.3. The van der Waals surface area contributed by atoms with E-state index in [0.717, 1.165) is 0 Å². The maximum Gasteiger partial charge on any atom is 0.337 e. The predicted molar refractivity (Wildman–Crippen MR) is 103 cm³/mol. The van der Waals surface area contributed by atoms with Crippen molar-refractivity contribution in [3.05, 3.63) is 58.1 Å². The first-order chi connectivity index (χ1) is 13.5. The number of halogens is 1. The topological polar surface area (TPSA) is 109 Å². The van der Waals surface area contributed by atoms with E-state index in [1.165, 1.54) is 18.2 Å². The summed E-state index contributed by atoms with van der Waals surface area (Å²) in [5.41, 5.74) is 0.280. The van der Waals surface area contributed by atoms with Crippen molar-refractivity contribution in [2.75, 3.05) is 18.5 Å². The van der Waals surface area contributed by atoms with Crippen LogP contribution >= 0.6 is 11.6 Å². The molecular formula is C20H15ClN2O5. The zero-order valence-corrected chi connectivity index (χ0v) is 15.3. The van der Waals surface area contributed by atoms with E-state index in [1.807, 2.05) is 6.07 Å². The van der Waals surface area contributed by atoms with E-state index in [1.54, 1.807) is 24.3 Å². The minimum Gasteiger partial charge on any atom is -0.489 e. The Labute approximate surface area is 165 Å². The van der Waals surface area contributed by atoms with Crippen LogP contribution in [0.2, 0.25) is 5.02 Å². The number of hydrogen-bond donors (Lipinski definition) is 2. The number of hydrogen-bond acceptors (Lipinski definition) is 5. The Balaban J connectivity index is 1.89. The van der Waals surface area contributed by atoms with E-state index in [-0.39, 0.29) is 16.8 Å². The number of nitrogens with one attached hydrogen (secondary N) is 1. The number of carboxylic acids is 1. The first-order valence-corrected chi connectivity index (χ1v) is 8.72. The zero-order valence-electron chi connectivity index (χ0n) is 14.6. The predicted octanol–water partition coefficient (Wildman–Crippen LogP) is 3.75. The van der Waals surface area contributed by atoms with Gasteiger partial charge in [0.15, 0.2) is 11.5 Å². The van der Waals surface area contributed by atoms with Crippen molar-refractivity contribution in [1.29, 1.82) is 5.26 Å². The number of aromatic carboxylic acids is 1. The van der Waals surface area contributed by atoms with Crippen LogP contribution in [0, 0.1) is 11.3 Å². The van der Waals surface area contributed by atoms with Gasteiger partial charge in [-0.1, -0.05) is 23.7 Å². The van der Waals surface area contributed by atoms with Crippen molar-refractivity contribution in [3.8, 4) is 17.6 Å². The van der Waals surface area contributed by atoms with Crippen molar-refractivity contribution in [2.45, 2.75) is 6.42 Å². The lowest BCUT2D eigenvalue weighted by Crippen LogP contribution is -2.16. The van der Waals surface area contributed by atoms with Crippen molar-refractivity contribution >= 4 is 35.2 Å². The highest BCUT2D eigenvalue weighted by Crippen LogP contribution is 2.38. The normalized spacial score (nSPS) is 13.2. The SMILES string of the molecule is N#C/C(=C\c1cc(Cl)c2c(c1)OCCCO2)C(=O)Nc1ccccc1C(=O)O. The van der Waals surface area contributed by atoms with Crippen molar-refractivity contribution < 1.29 is 24.2 Å². The lowest BCUT2D eigenvalue weighted by atomic mass is 10.1. The minimum absolute atomic E-state index is 0.0771. The largest absolute Gasteiger partial charge is 0.489 e. The molecular weight excluding hydrogens is 384 g/mol. The summed E-state index contributed by atoms with van der Waals surface area (Å²) in [5, 5.41) is 21.3. The van der Waals surface area contributed by atoms with Crippen LogP contribution in [-0.2, 0) is 4.79 Å². The summed E-state index contributed by atoms with van der Waals surface area (Å²) >= 11 is 6.23. The second-order valence-electron chi connectivity index (χ2n) is 5.86. The number of carbonyl (C=O) groups is 2. The van der Waals surface area contributed by atoms with E-state index < -0.39 is 11.9 Å². The zero-order chi connectivity index (χ0) is 20.1. The number of carboxylic acid groups (broad SMARTS) is 1. The summed E-state index contributed by atoms with van der Waals surface area (Å²) in [6, 6.07) is 10.9. The maximum atomic E-state index is 12.5. The van der Waals surface area contributed by atoms with Gasteiger partial charge in [-0.25, -0.2) is 4.79 Å². The fourth-order valence-electron chi connectivity index (χ4n) is 2.62. The number of carbonyl (C=O) groups excluding carboxylic acids is 1. The maximum absolute atomic E-state index is 12.5. The van der Waals surface area contributed by atoms with Gasteiger partial charge < -0.3 is 19.9 Å². The lowest BCUT2D eigenvalue weighted by Gasteiger charge is -2.10. The molecule has 0 aliphatic carbocycles. The number of anilines is 1. The number of amides is 1. The Morgan fingerprint density at radius 2 is 1.96 bits per heavy atom. The highest BCUT2D eigenvalue weighted by molar-refractivity contribution is 6.32. The molecule has 2 aromatic carbocycles. The molecule has 1 heterocycles. The van der Waals surface area contributed by atoms with Crippen molar-refractivity contribution in [1.82, 2.24) is 0 Å². The van der Waals surface area contributed by atoms with Crippen molar-refractivity contribution in [2.24, 2.45) is 0 Å². The highest BCUT2D eigenvalue weighted by atomic mass is 35.5. The van der Waals surface area contributed by atoms with Crippen molar-refractivity contribution in [3.63, 3.8) is 0 Å². The van der Waals surface area contributed by atoms with Crippen LogP contribution < -0.4 is 14.8 Å². The second-order valence-corrected chi connectivity index (χ2v) is 6.26. The molecule has 1 amide bonds.